The normalized spacial score (nSPS) is 33.6. The van der Waals surface area contributed by atoms with E-state index >= 15 is 0 Å². The van der Waals surface area contributed by atoms with Gasteiger partial charge in [-0.05, 0) is 61.5 Å². The molecule has 1 aromatic carbocycles. The maximum Gasteiger partial charge on any atom is -0.0131 e. The van der Waals surface area contributed by atoms with Gasteiger partial charge in [0.15, 0.2) is 0 Å². The fourth-order valence-corrected chi connectivity index (χ4v) is 3.48. The van der Waals surface area contributed by atoms with E-state index in [9.17, 15) is 0 Å². The maximum absolute atomic E-state index is 2.45. The predicted molar refractivity (Wildman–Crippen MR) is 64.1 cm³/mol. The average Bonchev–Trinajstić information content (AvgIpc) is 2.24. The predicted octanol–water partition coefficient (Wildman–Crippen LogP) is 4.07. The third kappa shape index (κ3) is 1.51. The number of hydrogen-bond donors (Lipinski definition) is 0. The second-order valence-corrected chi connectivity index (χ2v) is 5.69. The van der Waals surface area contributed by atoms with Gasteiger partial charge in [0, 0.05) is 0 Å². The van der Waals surface area contributed by atoms with Crippen LogP contribution < -0.4 is 0 Å². The lowest BCUT2D eigenvalue weighted by atomic mass is 9.68. The summed E-state index contributed by atoms with van der Waals surface area (Å²) in [4.78, 5) is 0. The molecule has 15 heavy (non-hydrogen) atoms. The highest BCUT2D eigenvalue weighted by Crippen LogP contribution is 2.49. The first-order chi connectivity index (χ1) is 7.24. The van der Waals surface area contributed by atoms with E-state index in [1.807, 2.05) is 0 Å². The van der Waals surface area contributed by atoms with Crippen molar-refractivity contribution in [2.75, 3.05) is 0 Å². The molecule has 0 amide bonds. The molecule has 1 saturated carbocycles. The molecule has 0 bridgehead atoms. The van der Waals surface area contributed by atoms with Crippen LogP contribution in [0.1, 0.15) is 48.8 Å². The first-order valence-corrected chi connectivity index (χ1v) is 6.33. The van der Waals surface area contributed by atoms with Gasteiger partial charge in [0.25, 0.3) is 0 Å². The van der Waals surface area contributed by atoms with Crippen LogP contribution in [0, 0.1) is 18.8 Å². The average molecular weight is 200 g/mol. The van der Waals surface area contributed by atoms with Crippen LogP contribution in [-0.4, -0.2) is 0 Å². The van der Waals surface area contributed by atoms with Crippen LogP contribution in [0.2, 0.25) is 0 Å². The lowest BCUT2D eigenvalue weighted by Crippen LogP contribution is -2.24. The number of benzene rings is 1. The summed E-state index contributed by atoms with van der Waals surface area (Å²) in [7, 11) is 0. The molecule has 3 rings (SSSR count). The lowest BCUT2D eigenvalue weighted by Gasteiger charge is -2.37. The van der Waals surface area contributed by atoms with E-state index in [1.54, 1.807) is 11.1 Å². The minimum Gasteiger partial charge on any atom is -0.0622 e. The third-order valence-corrected chi connectivity index (χ3v) is 4.39. The van der Waals surface area contributed by atoms with Gasteiger partial charge in [0.05, 0.1) is 0 Å². The van der Waals surface area contributed by atoms with Crippen LogP contribution in [0.3, 0.4) is 0 Å². The number of hydrogen-bond acceptors (Lipinski definition) is 0. The molecule has 3 atom stereocenters. The summed E-state index contributed by atoms with van der Waals surface area (Å²) in [6, 6.07) is 7.11. The zero-order chi connectivity index (χ0) is 10.4. The quantitative estimate of drug-likeness (QED) is 0.592. The molecule has 0 nitrogen and oxygen atoms in total. The second kappa shape index (κ2) is 3.37. The van der Waals surface area contributed by atoms with Gasteiger partial charge >= 0.3 is 0 Å². The molecular weight excluding hydrogens is 180 g/mol. The van der Waals surface area contributed by atoms with E-state index in [0.29, 0.717) is 0 Å². The fourth-order valence-electron chi connectivity index (χ4n) is 3.48. The molecule has 0 aromatic heterocycles. The van der Waals surface area contributed by atoms with Gasteiger partial charge in [0.1, 0.15) is 0 Å². The van der Waals surface area contributed by atoms with Gasteiger partial charge in [-0.2, -0.15) is 0 Å². The Bertz CT molecular complexity index is 378. The molecule has 0 saturated heterocycles. The molecule has 0 radical (unpaired) electrons. The molecule has 0 aliphatic heterocycles. The Kier molecular flexibility index (Phi) is 2.12. The smallest absolute Gasteiger partial charge is 0.0131 e. The molecule has 0 N–H and O–H groups in total. The van der Waals surface area contributed by atoms with Crippen molar-refractivity contribution < 1.29 is 0 Å². The van der Waals surface area contributed by atoms with Crippen molar-refractivity contribution in [3.63, 3.8) is 0 Å². The zero-order valence-corrected chi connectivity index (χ0v) is 9.79. The first kappa shape index (κ1) is 9.45. The Balaban J connectivity index is 2.05. The van der Waals surface area contributed by atoms with Crippen molar-refractivity contribution >= 4 is 0 Å². The highest BCUT2D eigenvalue weighted by atomic mass is 14.4. The van der Waals surface area contributed by atoms with E-state index in [1.165, 1.54) is 31.2 Å². The van der Waals surface area contributed by atoms with E-state index in [0.717, 1.165) is 17.8 Å². The van der Waals surface area contributed by atoms with Gasteiger partial charge in [-0.25, -0.2) is 0 Å². The summed E-state index contributed by atoms with van der Waals surface area (Å²) < 4.78 is 0. The molecule has 80 valence electrons. The van der Waals surface area contributed by atoms with Crippen molar-refractivity contribution in [2.45, 2.75) is 45.4 Å². The number of fused-ring (bicyclic) bond motifs is 3. The molecule has 0 spiro atoms. The van der Waals surface area contributed by atoms with Crippen LogP contribution in [0.4, 0.5) is 0 Å². The maximum atomic E-state index is 2.45. The highest BCUT2D eigenvalue weighted by molar-refractivity contribution is 5.37. The second-order valence-electron chi connectivity index (χ2n) is 5.69. The molecule has 1 fully saturated rings. The Hall–Kier alpha value is -0.780. The van der Waals surface area contributed by atoms with E-state index < -0.39 is 0 Å². The van der Waals surface area contributed by atoms with Gasteiger partial charge in [-0.3, -0.25) is 0 Å². The summed E-state index contributed by atoms with van der Waals surface area (Å²) in [5, 5.41) is 0. The lowest BCUT2D eigenvalue weighted by molar-refractivity contribution is 0.219. The number of aryl methyl sites for hydroxylation is 1. The standard InChI is InChI=1S/C15H20/c1-10-3-4-13-8-11(2)7-12-5-6-14(12)15(13)9-10/h3-4,9,11-12,14H,5-8H2,1-2H3. The largest absolute Gasteiger partial charge is 0.0622 e. The van der Waals surface area contributed by atoms with Gasteiger partial charge in [0.2, 0.25) is 0 Å². The molecule has 3 unspecified atom stereocenters. The molecule has 0 heterocycles. The van der Waals surface area contributed by atoms with Crippen molar-refractivity contribution in [2.24, 2.45) is 11.8 Å². The summed E-state index contributed by atoms with van der Waals surface area (Å²) in [6.07, 6.45) is 5.68. The topological polar surface area (TPSA) is 0 Å². The van der Waals surface area contributed by atoms with Crippen molar-refractivity contribution in [1.29, 1.82) is 0 Å². The van der Waals surface area contributed by atoms with Crippen molar-refractivity contribution in [1.82, 2.24) is 0 Å². The third-order valence-electron chi connectivity index (χ3n) is 4.39. The minimum atomic E-state index is 0.891. The molecule has 1 aromatic rings. The van der Waals surface area contributed by atoms with Crippen molar-refractivity contribution in [3.8, 4) is 0 Å². The van der Waals surface area contributed by atoms with Crippen LogP contribution >= 0.6 is 0 Å². The zero-order valence-electron chi connectivity index (χ0n) is 9.79. The first-order valence-electron chi connectivity index (χ1n) is 6.33. The van der Waals surface area contributed by atoms with E-state index in [2.05, 4.69) is 32.0 Å². The fraction of sp³-hybridized carbons (Fsp3) is 0.600. The van der Waals surface area contributed by atoms with Gasteiger partial charge in [-0.1, -0.05) is 30.7 Å². The molecular formula is C15H20. The summed E-state index contributed by atoms with van der Waals surface area (Å²) >= 11 is 0. The van der Waals surface area contributed by atoms with Crippen LogP contribution in [0.5, 0.6) is 0 Å². The molecule has 0 heteroatoms. The number of rotatable bonds is 0. The van der Waals surface area contributed by atoms with Crippen LogP contribution in [0.15, 0.2) is 18.2 Å². The Morgan fingerprint density at radius 3 is 2.80 bits per heavy atom. The van der Waals surface area contributed by atoms with E-state index in [-0.39, 0.29) is 0 Å². The van der Waals surface area contributed by atoms with Gasteiger partial charge in [-0.15, -0.1) is 0 Å². The highest BCUT2D eigenvalue weighted by Gasteiger charge is 2.36. The minimum absolute atomic E-state index is 0.891. The monoisotopic (exact) mass is 200 g/mol. The Morgan fingerprint density at radius 2 is 2.07 bits per heavy atom. The summed E-state index contributed by atoms with van der Waals surface area (Å²) in [6.45, 7) is 4.65. The van der Waals surface area contributed by atoms with Crippen molar-refractivity contribution in [3.05, 3.63) is 34.9 Å². The SMILES string of the molecule is Cc1ccc2c(c1)C1CCC1CC(C)C2. The summed E-state index contributed by atoms with van der Waals surface area (Å²) in [5.41, 5.74) is 4.77. The van der Waals surface area contributed by atoms with E-state index in [4.69, 9.17) is 0 Å². The Labute approximate surface area is 92.7 Å². The van der Waals surface area contributed by atoms with Gasteiger partial charge < -0.3 is 0 Å². The van der Waals surface area contributed by atoms with Crippen LogP contribution in [0.25, 0.3) is 0 Å². The van der Waals surface area contributed by atoms with Crippen LogP contribution in [-0.2, 0) is 6.42 Å². The summed E-state index contributed by atoms with van der Waals surface area (Å²) in [5.74, 6) is 2.80. The molecule has 2 aliphatic carbocycles. The Morgan fingerprint density at radius 1 is 1.20 bits per heavy atom. The molecule has 2 aliphatic rings.